The van der Waals surface area contributed by atoms with E-state index in [2.05, 4.69) is 0 Å². The topological polar surface area (TPSA) is 77.9 Å². The zero-order chi connectivity index (χ0) is 17.6. The Balaban J connectivity index is 1.48. The molecule has 0 radical (unpaired) electrons. The molecule has 0 aromatic carbocycles. The first kappa shape index (κ1) is 16.6. The molecule has 1 N–H and O–H groups in total. The van der Waals surface area contributed by atoms with Gasteiger partial charge in [-0.1, -0.05) is 6.07 Å². The number of nitrogens with zero attached hydrogens (tertiary/aromatic N) is 2. The molecule has 3 fully saturated rings. The number of hydrogen-bond acceptors (Lipinski definition) is 4. The summed E-state index contributed by atoms with van der Waals surface area (Å²) in [5.41, 5.74) is 0. The van der Waals surface area contributed by atoms with Crippen LogP contribution in [0.3, 0.4) is 0 Å². The molecule has 4 rings (SSSR count). The van der Waals surface area contributed by atoms with Crippen molar-refractivity contribution in [3.63, 3.8) is 0 Å². The maximum atomic E-state index is 13.0. The molecule has 0 bridgehead atoms. The Kier molecular flexibility index (Phi) is 4.27. The molecule has 1 saturated carbocycles. The number of carbonyl (C=O) groups excluding carboxylic acids is 2. The largest absolute Gasteiger partial charge is 0.481 e. The second-order valence-electron chi connectivity index (χ2n) is 7.32. The van der Waals surface area contributed by atoms with Gasteiger partial charge in [0.2, 0.25) is 5.91 Å². The minimum atomic E-state index is -0.801. The van der Waals surface area contributed by atoms with Crippen LogP contribution in [0.25, 0.3) is 0 Å². The highest BCUT2D eigenvalue weighted by molar-refractivity contribution is 7.12. The van der Waals surface area contributed by atoms with Gasteiger partial charge in [0.15, 0.2) is 0 Å². The minimum Gasteiger partial charge on any atom is -0.481 e. The van der Waals surface area contributed by atoms with E-state index in [-0.39, 0.29) is 24.3 Å². The van der Waals surface area contributed by atoms with Crippen molar-refractivity contribution in [2.24, 2.45) is 17.8 Å². The highest BCUT2D eigenvalue weighted by atomic mass is 32.1. The van der Waals surface area contributed by atoms with E-state index in [0.717, 1.165) is 19.3 Å². The molecule has 25 heavy (non-hydrogen) atoms. The lowest BCUT2D eigenvalue weighted by molar-refractivity contribution is -0.143. The van der Waals surface area contributed by atoms with Crippen LogP contribution in [0.5, 0.6) is 0 Å². The van der Waals surface area contributed by atoms with Crippen molar-refractivity contribution in [1.29, 1.82) is 0 Å². The average molecular weight is 362 g/mol. The lowest BCUT2D eigenvalue weighted by atomic mass is 9.92. The number of rotatable bonds is 4. The summed E-state index contributed by atoms with van der Waals surface area (Å²) in [6, 6.07) is 3.18. The molecule has 3 heterocycles. The zero-order valence-corrected chi connectivity index (χ0v) is 14.8. The zero-order valence-electron chi connectivity index (χ0n) is 14.0. The van der Waals surface area contributed by atoms with Crippen LogP contribution in [0.4, 0.5) is 0 Å². The maximum Gasteiger partial charge on any atom is 0.308 e. The third-order valence-corrected chi connectivity index (χ3v) is 6.61. The van der Waals surface area contributed by atoms with Gasteiger partial charge < -0.3 is 14.9 Å². The second-order valence-corrected chi connectivity index (χ2v) is 8.27. The molecular weight excluding hydrogens is 340 g/mol. The normalized spacial score (nSPS) is 29.2. The van der Waals surface area contributed by atoms with Crippen LogP contribution in [0.15, 0.2) is 17.5 Å². The van der Waals surface area contributed by atoms with Gasteiger partial charge >= 0.3 is 5.97 Å². The predicted molar refractivity (Wildman–Crippen MR) is 92.3 cm³/mol. The number of carboxylic acids is 1. The van der Waals surface area contributed by atoms with Crippen molar-refractivity contribution >= 4 is 29.1 Å². The van der Waals surface area contributed by atoms with E-state index in [1.54, 1.807) is 15.9 Å². The fourth-order valence-electron chi connectivity index (χ4n) is 4.29. The Labute approximate surface area is 150 Å². The molecule has 2 aliphatic heterocycles. The van der Waals surface area contributed by atoms with Gasteiger partial charge in [-0.05, 0) is 49.0 Å². The van der Waals surface area contributed by atoms with Crippen LogP contribution in [0.2, 0.25) is 0 Å². The quantitative estimate of drug-likeness (QED) is 0.888. The summed E-state index contributed by atoms with van der Waals surface area (Å²) in [5, 5.41) is 11.3. The van der Waals surface area contributed by atoms with E-state index < -0.39 is 17.9 Å². The van der Waals surface area contributed by atoms with Gasteiger partial charge in [0, 0.05) is 19.6 Å². The van der Waals surface area contributed by atoms with Crippen LogP contribution in [-0.2, 0) is 9.59 Å². The molecule has 1 aromatic rings. The number of aliphatic carboxylic acids is 1. The molecular formula is C18H22N2O4S. The number of carboxylic acid groups (broad SMARTS) is 1. The summed E-state index contributed by atoms with van der Waals surface area (Å²) < 4.78 is 0. The predicted octanol–water partition coefficient (Wildman–Crippen LogP) is 1.92. The summed E-state index contributed by atoms with van der Waals surface area (Å²) in [4.78, 5) is 41.3. The SMILES string of the molecule is O=C(O)[C@H]1CN(C(=O)C2CCCN2C(=O)c2cccs2)C[C@@H]1C1CC1. The van der Waals surface area contributed by atoms with E-state index in [9.17, 15) is 19.5 Å². The molecule has 0 spiro atoms. The van der Waals surface area contributed by atoms with Crippen LogP contribution in [-0.4, -0.2) is 58.4 Å². The lowest BCUT2D eigenvalue weighted by Gasteiger charge is -2.27. The van der Waals surface area contributed by atoms with Gasteiger partial charge in [0.05, 0.1) is 10.8 Å². The van der Waals surface area contributed by atoms with Crippen LogP contribution >= 0.6 is 11.3 Å². The van der Waals surface area contributed by atoms with E-state index >= 15 is 0 Å². The molecule has 2 amide bonds. The van der Waals surface area contributed by atoms with Crippen LogP contribution in [0, 0.1) is 17.8 Å². The van der Waals surface area contributed by atoms with Crippen molar-refractivity contribution in [3.05, 3.63) is 22.4 Å². The number of thiophene rings is 1. The van der Waals surface area contributed by atoms with Crippen molar-refractivity contribution in [1.82, 2.24) is 9.80 Å². The number of carbonyl (C=O) groups is 3. The van der Waals surface area contributed by atoms with E-state index in [1.165, 1.54) is 11.3 Å². The molecule has 7 heteroatoms. The van der Waals surface area contributed by atoms with Crippen molar-refractivity contribution in [2.45, 2.75) is 31.7 Å². The van der Waals surface area contributed by atoms with E-state index in [4.69, 9.17) is 0 Å². The molecule has 3 aliphatic rings. The number of amides is 2. The summed E-state index contributed by atoms with van der Waals surface area (Å²) in [6.45, 7) is 1.40. The Morgan fingerprint density at radius 1 is 1.16 bits per heavy atom. The standard InChI is InChI=1S/C18H22N2O4S/c21-16(19-9-12(11-5-6-11)13(10-19)18(23)24)14-3-1-7-20(14)17(22)15-4-2-8-25-15/h2,4,8,11-14H,1,3,5-7,9-10H2,(H,23,24)/t12-,13+,14?/m1/s1. The fraction of sp³-hybridized carbons (Fsp3) is 0.611. The van der Waals surface area contributed by atoms with Gasteiger partial charge in [-0.2, -0.15) is 0 Å². The monoisotopic (exact) mass is 362 g/mol. The summed E-state index contributed by atoms with van der Waals surface area (Å²) in [5.74, 6) is -0.893. The highest BCUT2D eigenvalue weighted by Crippen LogP contribution is 2.44. The van der Waals surface area contributed by atoms with Crippen molar-refractivity contribution in [3.8, 4) is 0 Å². The minimum absolute atomic E-state index is 0.0724. The first-order valence-corrected chi connectivity index (χ1v) is 9.80. The molecule has 1 aromatic heterocycles. The van der Waals surface area contributed by atoms with E-state index in [1.807, 2.05) is 11.4 Å². The highest BCUT2D eigenvalue weighted by Gasteiger charge is 2.48. The Hall–Kier alpha value is -1.89. The summed E-state index contributed by atoms with van der Waals surface area (Å²) in [6.07, 6.45) is 3.62. The molecule has 134 valence electrons. The van der Waals surface area contributed by atoms with Gasteiger partial charge in [-0.25, -0.2) is 0 Å². The third kappa shape index (κ3) is 3.05. The lowest BCUT2D eigenvalue weighted by Crippen LogP contribution is -2.47. The van der Waals surface area contributed by atoms with Crippen LogP contribution in [0.1, 0.15) is 35.4 Å². The second kappa shape index (κ2) is 6.44. The van der Waals surface area contributed by atoms with Gasteiger partial charge in [-0.15, -0.1) is 11.3 Å². The van der Waals surface area contributed by atoms with Crippen LogP contribution < -0.4 is 0 Å². The fourth-order valence-corrected chi connectivity index (χ4v) is 4.97. The molecule has 6 nitrogen and oxygen atoms in total. The number of likely N-dealkylation sites (tertiary alicyclic amines) is 2. The molecule has 1 unspecified atom stereocenters. The smallest absolute Gasteiger partial charge is 0.308 e. The first-order valence-electron chi connectivity index (χ1n) is 8.92. The first-order chi connectivity index (χ1) is 12.1. The summed E-state index contributed by atoms with van der Waals surface area (Å²) >= 11 is 1.39. The Morgan fingerprint density at radius 2 is 1.96 bits per heavy atom. The van der Waals surface area contributed by atoms with Gasteiger partial charge in [0.25, 0.3) is 5.91 Å². The van der Waals surface area contributed by atoms with E-state index in [0.29, 0.717) is 30.3 Å². The Bertz CT molecular complexity index is 685. The van der Waals surface area contributed by atoms with Crippen molar-refractivity contribution in [2.75, 3.05) is 19.6 Å². The molecule has 1 aliphatic carbocycles. The third-order valence-electron chi connectivity index (χ3n) is 5.75. The van der Waals surface area contributed by atoms with Crippen molar-refractivity contribution < 1.29 is 19.5 Å². The maximum absolute atomic E-state index is 13.0. The van der Waals surface area contributed by atoms with Gasteiger partial charge in [-0.3, -0.25) is 14.4 Å². The number of hydrogen-bond donors (Lipinski definition) is 1. The molecule has 3 atom stereocenters. The summed E-state index contributed by atoms with van der Waals surface area (Å²) in [7, 11) is 0. The van der Waals surface area contributed by atoms with Gasteiger partial charge in [0.1, 0.15) is 6.04 Å². The average Bonchev–Trinajstić information content (AvgIpc) is 3.06. The molecule has 2 saturated heterocycles. The Morgan fingerprint density at radius 3 is 2.60 bits per heavy atom.